The van der Waals surface area contributed by atoms with Gasteiger partial charge < -0.3 is 24.3 Å². The van der Waals surface area contributed by atoms with E-state index >= 15 is 0 Å². The fourth-order valence-corrected chi connectivity index (χ4v) is 4.03. The summed E-state index contributed by atoms with van der Waals surface area (Å²) in [5.74, 6) is 0.657. The van der Waals surface area contributed by atoms with Crippen molar-refractivity contribution in [2.75, 3.05) is 19.0 Å². The van der Waals surface area contributed by atoms with Crippen LogP contribution in [0.15, 0.2) is 42.5 Å². The number of para-hydroxylation sites is 1. The number of benzene rings is 2. The summed E-state index contributed by atoms with van der Waals surface area (Å²) in [6.07, 6.45) is 5.75. The molecule has 164 valence electrons. The molecular formula is C24H27NO6. The van der Waals surface area contributed by atoms with Gasteiger partial charge in [0.2, 0.25) is 0 Å². The monoisotopic (exact) mass is 425 g/mol. The van der Waals surface area contributed by atoms with Crippen molar-refractivity contribution in [3.05, 3.63) is 48.0 Å². The number of methoxy groups -OCH3 is 1. The number of hydrogen-bond donors (Lipinski definition) is 1. The Morgan fingerprint density at radius 2 is 1.81 bits per heavy atom. The lowest BCUT2D eigenvalue weighted by Gasteiger charge is -2.31. The number of anilines is 1. The first-order valence-corrected chi connectivity index (χ1v) is 10.7. The second-order valence-corrected chi connectivity index (χ2v) is 7.86. The number of ether oxygens (including phenoxy) is 4. The van der Waals surface area contributed by atoms with E-state index in [-0.39, 0.29) is 13.0 Å². The van der Waals surface area contributed by atoms with Gasteiger partial charge in [-0.25, -0.2) is 0 Å². The standard InChI is InChI=1S/C24H27NO6/c1-28-19-8-4-3-7-17(19)9-12-23(27)29-16-22(26)25-18-10-11-20-21(15-18)31-24(30-20)13-5-2-6-14-24/h3-4,7-8,10-11,15H,2,5-6,9,12-14,16H2,1H3,(H,25,26). The van der Waals surface area contributed by atoms with Crippen LogP contribution >= 0.6 is 0 Å². The molecule has 0 saturated heterocycles. The second kappa shape index (κ2) is 9.29. The zero-order chi connectivity index (χ0) is 21.7. The van der Waals surface area contributed by atoms with Gasteiger partial charge in [-0.05, 0) is 43.0 Å². The first-order valence-electron chi connectivity index (χ1n) is 10.7. The van der Waals surface area contributed by atoms with Gasteiger partial charge in [-0.3, -0.25) is 9.59 Å². The van der Waals surface area contributed by atoms with Crippen LogP contribution in [0.4, 0.5) is 5.69 Å². The smallest absolute Gasteiger partial charge is 0.306 e. The van der Waals surface area contributed by atoms with Crippen LogP contribution in [-0.2, 0) is 20.7 Å². The van der Waals surface area contributed by atoms with Gasteiger partial charge in [-0.15, -0.1) is 0 Å². The number of hydrogen-bond acceptors (Lipinski definition) is 6. The minimum atomic E-state index is -0.555. The Morgan fingerprint density at radius 3 is 2.61 bits per heavy atom. The summed E-state index contributed by atoms with van der Waals surface area (Å²) in [6, 6.07) is 12.8. The zero-order valence-electron chi connectivity index (χ0n) is 17.6. The molecule has 1 amide bonds. The van der Waals surface area contributed by atoms with Crippen molar-refractivity contribution in [1.82, 2.24) is 0 Å². The Kier molecular flexibility index (Phi) is 6.30. The number of carbonyl (C=O) groups is 2. The first kappa shape index (κ1) is 21.0. The number of carbonyl (C=O) groups excluding carboxylic acids is 2. The molecule has 2 aromatic rings. The maximum atomic E-state index is 12.2. The SMILES string of the molecule is COc1ccccc1CCC(=O)OCC(=O)Nc1ccc2c(c1)OC1(CCCCC1)O2. The van der Waals surface area contributed by atoms with Crippen molar-refractivity contribution in [2.45, 2.75) is 50.7 Å². The van der Waals surface area contributed by atoms with Gasteiger partial charge in [0.15, 0.2) is 18.1 Å². The maximum Gasteiger partial charge on any atom is 0.306 e. The highest BCUT2D eigenvalue weighted by atomic mass is 16.7. The summed E-state index contributed by atoms with van der Waals surface area (Å²) in [5.41, 5.74) is 1.49. The second-order valence-electron chi connectivity index (χ2n) is 7.86. The topological polar surface area (TPSA) is 83.1 Å². The molecule has 1 fully saturated rings. The fourth-order valence-electron chi connectivity index (χ4n) is 4.03. The Hall–Kier alpha value is -3.22. The number of fused-ring (bicyclic) bond motifs is 1. The molecule has 0 bridgehead atoms. The number of esters is 1. The molecule has 7 heteroatoms. The van der Waals surface area contributed by atoms with Crippen molar-refractivity contribution < 1.29 is 28.5 Å². The molecule has 7 nitrogen and oxygen atoms in total. The average molecular weight is 425 g/mol. The number of amides is 1. The maximum absolute atomic E-state index is 12.2. The van der Waals surface area contributed by atoms with Crippen molar-refractivity contribution in [3.8, 4) is 17.2 Å². The van der Waals surface area contributed by atoms with E-state index in [1.54, 1.807) is 25.3 Å². The molecule has 0 unspecified atom stereocenters. The largest absolute Gasteiger partial charge is 0.496 e. The Balaban J connectivity index is 1.24. The predicted molar refractivity (Wildman–Crippen MR) is 114 cm³/mol. The predicted octanol–water partition coefficient (Wildman–Crippen LogP) is 4.24. The van der Waals surface area contributed by atoms with Crippen LogP contribution in [-0.4, -0.2) is 31.4 Å². The highest BCUT2D eigenvalue weighted by Crippen LogP contribution is 2.46. The highest BCUT2D eigenvalue weighted by molar-refractivity contribution is 5.93. The number of aryl methyl sites for hydroxylation is 1. The van der Waals surface area contributed by atoms with E-state index in [0.717, 1.165) is 37.0 Å². The van der Waals surface area contributed by atoms with Gasteiger partial charge in [-0.2, -0.15) is 0 Å². The molecule has 2 aromatic carbocycles. The van der Waals surface area contributed by atoms with E-state index in [0.29, 0.717) is 23.6 Å². The van der Waals surface area contributed by atoms with E-state index in [1.165, 1.54) is 6.42 Å². The van der Waals surface area contributed by atoms with Gasteiger partial charge in [0.1, 0.15) is 5.75 Å². The molecular weight excluding hydrogens is 398 g/mol. The minimum Gasteiger partial charge on any atom is -0.496 e. The third kappa shape index (κ3) is 5.10. The summed E-state index contributed by atoms with van der Waals surface area (Å²) >= 11 is 0. The lowest BCUT2D eigenvalue weighted by atomic mass is 9.94. The molecule has 4 rings (SSSR count). The van der Waals surface area contributed by atoms with Crippen molar-refractivity contribution >= 4 is 17.6 Å². The molecule has 31 heavy (non-hydrogen) atoms. The third-order valence-corrected chi connectivity index (χ3v) is 5.59. The number of nitrogens with one attached hydrogen (secondary N) is 1. The Morgan fingerprint density at radius 1 is 1.03 bits per heavy atom. The quantitative estimate of drug-likeness (QED) is 0.668. The van der Waals surface area contributed by atoms with Gasteiger partial charge in [0.25, 0.3) is 11.7 Å². The molecule has 0 atom stereocenters. The normalized spacial score (nSPS) is 16.0. The van der Waals surface area contributed by atoms with Crippen LogP contribution in [0.5, 0.6) is 17.2 Å². The molecule has 1 N–H and O–H groups in total. The van der Waals surface area contributed by atoms with Crippen molar-refractivity contribution in [1.29, 1.82) is 0 Å². The van der Waals surface area contributed by atoms with Crippen LogP contribution in [0.2, 0.25) is 0 Å². The Bertz CT molecular complexity index is 951. The Labute approximate surface area is 181 Å². The average Bonchev–Trinajstić information content (AvgIpc) is 3.13. The molecule has 1 heterocycles. The summed E-state index contributed by atoms with van der Waals surface area (Å²) in [7, 11) is 1.59. The summed E-state index contributed by atoms with van der Waals surface area (Å²) in [6.45, 7) is -0.344. The van der Waals surface area contributed by atoms with Crippen LogP contribution in [0, 0.1) is 0 Å². The van der Waals surface area contributed by atoms with Crippen LogP contribution < -0.4 is 19.5 Å². The molecule has 1 aliphatic carbocycles. The highest BCUT2D eigenvalue weighted by Gasteiger charge is 2.42. The molecule has 0 aromatic heterocycles. The lowest BCUT2D eigenvalue weighted by Crippen LogP contribution is -2.40. The van der Waals surface area contributed by atoms with Crippen LogP contribution in [0.25, 0.3) is 0 Å². The fraction of sp³-hybridized carbons (Fsp3) is 0.417. The third-order valence-electron chi connectivity index (χ3n) is 5.59. The summed E-state index contributed by atoms with van der Waals surface area (Å²) in [4.78, 5) is 24.2. The van der Waals surface area contributed by atoms with Gasteiger partial charge in [0.05, 0.1) is 7.11 Å². The lowest BCUT2D eigenvalue weighted by molar-refractivity contribution is -0.147. The first-order chi connectivity index (χ1) is 15.1. The molecule has 1 spiro atoms. The van der Waals surface area contributed by atoms with Crippen LogP contribution in [0.3, 0.4) is 0 Å². The summed E-state index contributed by atoms with van der Waals surface area (Å²) in [5, 5.41) is 2.74. The zero-order valence-corrected chi connectivity index (χ0v) is 17.6. The summed E-state index contributed by atoms with van der Waals surface area (Å²) < 4.78 is 22.5. The van der Waals surface area contributed by atoms with Crippen molar-refractivity contribution in [2.24, 2.45) is 0 Å². The minimum absolute atomic E-state index is 0.166. The van der Waals surface area contributed by atoms with E-state index in [9.17, 15) is 9.59 Å². The van der Waals surface area contributed by atoms with E-state index in [2.05, 4.69) is 5.32 Å². The number of rotatable bonds is 7. The van der Waals surface area contributed by atoms with Crippen molar-refractivity contribution in [3.63, 3.8) is 0 Å². The van der Waals surface area contributed by atoms with E-state index in [4.69, 9.17) is 18.9 Å². The van der Waals surface area contributed by atoms with Gasteiger partial charge in [-0.1, -0.05) is 24.6 Å². The van der Waals surface area contributed by atoms with E-state index < -0.39 is 17.7 Å². The molecule has 1 aliphatic heterocycles. The molecule has 1 saturated carbocycles. The van der Waals surface area contributed by atoms with E-state index in [1.807, 2.05) is 24.3 Å². The molecule has 2 aliphatic rings. The van der Waals surface area contributed by atoms with Crippen LogP contribution in [0.1, 0.15) is 44.1 Å². The van der Waals surface area contributed by atoms with Gasteiger partial charge in [0, 0.05) is 31.0 Å². The molecule has 0 radical (unpaired) electrons. The van der Waals surface area contributed by atoms with Gasteiger partial charge >= 0.3 is 5.97 Å².